The summed E-state index contributed by atoms with van der Waals surface area (Å²) >= 11 is 0. The number of ether oxygens (including phenoxy) is 2. The zero-order valence-electron chi connectivity index (χ0n) is 10.5. The SMILES string of the molecule is CC(C)[C@H](C)OC(=O)Oc1ccc([N+](=O)[O-])cc1. The van der Waals surface area contributed by atoms with Gasteiger partial charge in [0.25, 0.3) is 5.69 Å². The molecule has 0 unspecified atom stereocenters. The molecule has 0 aliphatic rings. The van der Waals surface area contributed by atoms with Crippen molar-refractivity contribution in [3.63, 3.8) is 0 Å². The molecule has 0 amide bonds. The Morgan fingerprint density at radius 1 is 1.22 bits per heavy atom. The van der Waals surface area contributed by atoms with Gasteiger partial charge in [0.05, 0.1) is 4.92 Å². The molecular formula is C12H15NO5. The lowest BCUT2D eigenvalue weighted by Gasteiger charge is -2.15. The third kappa shape index (κ3) is 4.04. The number of hydrogen-bond acceptors (Lipinski definition) is 5. The monoisotopic (exact) mass is 253 g/mol. The zero-order chi connectivity index (χ0) is 13.7. The zero-order valence-corrected chi connectivity index (χ0v) is 10.5. The minimum absolute atomic E-state index is 0.0636. The highest BCUT2D eigenvalue weighted by Crippen LogP contribution is 2.18. The molecule has 1 rings (SSSR count). The molecule has 0 fully saturated rings. The highest BCUT2D eigenvalue weighted by Gasteiger charge is 2.15. The Bertz CT molecular complexity index is 427. The van der Waals surface area contributed by atoms with Gasteiger partial charge in [0, 0.05) is 12.1 Å². The average Bonchev–Trinajstić information content (AvgIpc) is 2.29. The van der Waals surface area contributed by atoms with Crippen LogP contribution in [0.4, 0.5) is 10.5 Å². The van der Waals surface area contributed by atoms with Crippen molar-refractivity contribution in [1.29, 1.82) is 0 Å². The molecule has 0 aromatic heterocycles. The first-order chi connectivity index (χ1) is 8.40. The van der Waals surface area contributed by atoms with Crippen LogP contribution in [0.5, 0.6) is 5.75 Å². The fourth-order valence-electron chi connectivity index (χ4n) is 1.04. The molecule has 0 saturated heterocycles. The maximum Gasteiger partial charge on any atom is 0.514 e. The molecule has 1 aromatic rings. The lowest BCUT2D eigenvalue weighted by atomic mass is 10.1. The van der Waals surface area contributed by atoms with Crippen molar-refractivity contribution in [2.75, 3.05) is 0 Å². The Kier molecular flexibility index (Phi) is 4.65. The summed E-state index contributed by atoms with van der Waals surface area (Å²) in [4.78, 5) is 21.3. The molecule has 0 radical (unpaired) electrons. The predicted molar refractivity (Wildman–Crippen MR) is 64.5 cm³/mol. The van der Waals surface area contributed by atoms with Crippen molar-refractivity contribution in [3.05, 3.63) is 34.4 Å². The highest BCUT2D eigenvalue weighted by molar-refractivity contribution is 5.64. The topological polar surface area (TPSA) is 78.7 Å². The predicted octanol–water partition coefficient (Wildman–Crippen LogP) is 3.15. The van der Waals surface area contributed by atoms with E-state index < -0.39 is 11.1 Å². The maximum absolute atomic E-state index is 11.4. The van der Waals surface area contributed by atoms with Crippen LogP contribution in [-0.4, -0.2) is 17.2 Å². The second kappa shape index (κ2) is 6.00. The molecule has 0 aliphatic heterocycles. The number of nitro groups is 1. The fourth-order valence-corrected chi connectivity index (χ4v) is 1.04. The van der Waals surface area contributed by atoms with Gasteiger partial charge in [0.1, 0.15) is 11.9 Å². The summed E-state index contributed by atoms with van der Waals surface area (Å²) in [5.74, 6) is 0.399. The third-order valence-electron chi connectivity index (χ3n) is 2.47. The van der Waals surface area contributed by atoms with E-state index in [9.17, 15) is 14.9 Å². The number of nitrogens with zero attached hydrogens (tertiary/aromatic N) is 1. The lowest BCUT2D eigenvalue weighted by molar-refractivity contribution is -0.384. The molecule has 1 aromatic carbocycles. The Morgan fingerprint density at radius 3 is 2.22 bits per heavy atom. The van der Waals surface area contributed by atoms with Crippen molar-refractivity contribution in [1.82, 2.24) is 0 Å². The van der Waals surface area contributed by atoms with Crippen LogP contribution in [0, 0.1) is 16.0 Å². The average molecular weight is 253 g/mol. The van der Waals surface area contributed by atoms with E-state index in [1.807, 2.05) is 13.8 Å². The third-order valence-corrected chi connectivity index (χ3v) is 2.47. The van der Waals surface area contributed by atoms with E-state index in [0.717, 1.165) is 0 Å². The van der Waals surface area contributed by atoms with Crippen LogP contribution in [0.15, 0.2) is 24.3 Å². The maximum atomic E-state index is 11.4. The number of nitro benzene ring substituents is 1. The Morgan fingerprint density at radius 2 is 1.78 bits per heavy atom. The van der Waals surface area contributed by atoms with Crippen molar-refractivity contribution in [2.24, 2.45) is 5.92 Å². The molecule has 6 heteroatoms. The van der Waals surface area contributed by atoms with Gasteiger partial charge in [0.2, 0.25) is 0 Å². The van der Waals surface area contributed by atoms with Crippen molar-refractivity contribution in [3.8, 4) is 5.75 Å². The van der Waals surface area contributed by atoms with Crippen LogP contribution in [0.25, 0.3) is 0 Å². The first-order valence-corrected chi connectivity index (χ1v) is 5.53. The van der Waals surface area contributed by atoms with Crippen LogP contribution in [0.3, 0.4) is 0 Å². The first kappa shape index (κ1) is 14.0. The van der Waals surface area contributed by atoms with Gasteiger partial charge >= 0.3 is 6.16 Å². The summed E-state index contributed by atoms with van der Waals surface area (Å²) in [6.07, 6.45) is -1.07. The molecule has 0 aliphatic carbocycles. The standard InChI is InChI=1S/C12H15NO5/c1-8(2)9(3)17-12(14)18-11-6-4-10(5-7-11)13(15)16/h4-9H,1-3H3/t9-/m0/s1. The number of benzene rings is 1. The minimum Gasteiger partial charge on any atom is -0.431 e. The van der Waals surface area contributed by atoms with E-state index in [0.29, 0.717) is 0 Å². The van der Waals surface area contributed by atoms with E-state index in [-0.39, 0.29) is 23.5 Å². The van der Waals surface area contributed by atoms with E-state index in [4.69, 9.17) is 9.47 Å². The number of carbonyl (C=O) groups is 1. The molecule has 0 saturated carbocycles. The summed E-state index contributed by atoms with van der Waals surface area (Å²) in [6.45, 7) is 5.61. The summed E-state index contributed by atoms with van der Waals surface area (Å²) in [5, 5.41) is 10.4. The van der Waals surface area contributed by atoms with Gasteiger partial charge in [-0.05, 0) is 25.0 Å². The smallest absolute Gasteiger partial charge is 0.431 e. The summed E-state index contributed by atoms with van der Waals surface area (Å²) in [7, 11) is 0. The number of rotatable bonds is 4. The first-order valence-electron chi connectivity index (χ1n) is 5.53. The van der Waals surface area contributed by atoms with Gasteiger partial charge < -0.3 is 9.47 Å². The molecular weight excluding hydrogens is 238 g/mol. The minimum atomic E-state index is -0.815. The molecule has 0 bridgehead atoms. The second-order valence-electron chi connectivity index (χ2n) is 4.17. The van der Waals surface area contributed by atoms with Gasteiger partial charge in [0.15, 0.2) is 0 Å². The van der Waals surface area contributed by atoms with E-state index >= 15 is 0 Å². The van der Waals surface area contributed by atoms with Gasteiger partial charge in [-0.15, -0.1) is 0 Å². The van der Waals surface area contributed by atoms with Crippen LogP contribution >= 0.6 is 0 Å². The van der Waals surface area contributed by atoms with Gasteiger partial charge in [-0.3, -0.25) is 10.1 Å². The summed E-state index contributed by atoms with van der Waals surface area (Å²) in [6, 6.07) is 5.21. The van der Waals surface area contributed by atoms with Crippen molar-refractivity contribution >= 4 is 11.8 Å². The molecule has 98 valence electrons. The van der Waals surface area contributed by atoms with Crippen molar-refractivity contribution in [2.45, 2.75) is 26.9 Å². The Hall–Kier alpha value is -2.11. The summed E-state index contributed by atoms with van der Waals surface area (Å²) in [5.41, 5.74) is -0.0636. The van der Waals surface area contributed by atoms with Gasteiger partial charge in [-0.2, -0.15) is 0 Å². The number of carbonyl (C=O) groups excluding carboxylic acids is 1. The van der Waals surface area contributed by atoms with Crippen LogP contribution in [0.2, 0.25) is 0 Å². The second-order valence-corrected chi connectivity index (χ2v) is 4.17. The lowest BCUT2D eigenvalue weighted by Crippen LogP contribution is -2.22. The summed E-state index contributed by atoms with van der Waals surface area (Å²) < 4.78 is 9.88. The molecule has 0 N–H and O–H groups in total. The Labute approximate surface area is 105 Å². The van der Waals surface area contributed by atoms with Gasteiger partial charge in [-0.1, -0.05) is 13.8 Å². The fraction of sp³-hybridized carbons (Fsp3) is 0.417. The van der Waals surface area contributed by atoms with Crippen LogP contribution < -0.4 is 4.74 Å². The van der Waals surface area contributed by atoms with Gasteiger partial charge in [-0.25, -0.2) is 4.79 Å². The van der Waals surface area contributed by atoms with E-state index in [1.165, 1.54) is 24.3 Å². The molecule has 6 nitrogen and oxygen atoms in total. The van der Waals surface area contributed by atoms with E-state index in [2.05, 4.69) is 0 Å². The molecule has 1 atom stereocenters. The molecule has 0 spiro atoms. The van der Waals surface area contributed by atoms with Crippen LogP contribution in [-0.2, 0) is 4.74 Å². The molecule has 18 heavy (non-hydrogen) atoms. The number of hydrogen-bond donors (Lipinski definition) is 0. The highest BCUT2D eigenvalue weighted by atomic mass is 16.7. The van der Waals surface area contributed by atoms with Crippen molar-refractivity contribution < 1.29 is 19.2 Å². The van der Waals surface area contributed by atoms with E-state index in [1.54, 1.807) is 6.92 Å². The Balaban J connectivity index is 2.57. The normalized spacial score (nSPS) is 12.0. The number of non-ortho nitro benzene ring substituents is 1. The molecule has 0 heterocycles. The largest absolute Gasteiger partial charge is 0.514 e. The quantitative estimate of drug-likeness (QED) is 0.356. The van der Waals surface area contributed by atoms with Crippen LogP contribution in [0.1, 0.15) is 20.8 Å².